The largest absolute Gasteiger partial charge is 0.378 e. The Morgan fingerprint density at radius 2 is 1.24 bits per heavy atom. The fourth-order valence-electron chi connectivity index (χ4n) is 8.50. The minimum absolute atomic E-state index is 0.381. The number of benzene rings is 3. The topological polar surface area (TPSA) is 129 Å². The molecular formula is C49H54N10O3S. The lowest BCUT2D eigenvalue weighted by Crippen LogP contribution is -2.36. The van der Waals surface area contributed by atoms with Crippen molar-refractivity contribution in [3.63, 3.8) is 0 Å². The molecule has 8 aromatic rings. The number of rotatable bonds is 7. The second-order valence-corrected chi connectivity index (χ2v) is 17.2. The van der Waals surface area contributed by atoms with Gasteiger partial charge in [0, 0.05) is 55.6 Å². The van der Waals surface area contributed by atoms with Crippen LogP contribution in [0.15, 0.2) is 115 Å². The molecule has 14 heteroatoms. The number of aromatic nitrogens is 8. The summed E-state index contributed by atoms with van der Waals surface area (Å²) in [4.78, 5) is 24.2. The Labute approximate surface area is 370 Å². The summed E-state index contributed by atoms with van der Waals surface area (Å²) < 4.78 is 27.9. The Morgan fingerprint density at radius 3 is 1.84 bits per heavy atom. The van der Waals surface area contributed by atoms with Gasteiger partial charge in [0.15, 0.2) is 11.0 Å². The monoisotopic (exact) mass is 862 g/mol. The smallest absolute Gasteiger partial charge is 0.173 e. The summed E-state index contributed by atoms with van der Waals surface area (Å²) in [5.41, 5.74) is 11.1. The van der Waals surface area contributed by atoms with Crippen LogP contribution in [-0.4, -0.2) is 95.6 Å². The summed E-state index contributed by atoms with van der Waals surface area (Å²) >= 11 is 0. The maximum atomic E-state index is 13.4. The van der Waals surface area contributed by atoms with Gasteiger partial charge < -0.3 is 19.3 Å². The van der Waals surface area contributed by atoms with Crippen LogP contribution in [0.4, 0.5) is 11.6 Å². The van der Waals surface area contributed by atoms with Gasteiger partial charge in [-0.25, -0.2) is 18.7 Å². The van der Waals surface area contributed by atoms with E-state index in [1.807, 2.05) is 105 Å². The van der Waals surface area contributed by atoms with Crippen molar-refractivity contribution < 1.29 is 13.7 Å². The molecule has 13 nitrogen and oxygen atoms in total. The third-order valence-corrected chi connectivity index (χ3v) is 13.1. The van der Waals surface area contributed by atoms with Gasteiger partial charge in [0.2, 0.25) is 0 Å². The lowest BCUT2D eigenvalue weighted by atomic mass is 9.84. The zero-order valence-corrected chi connectivity index (χ0v) is 37.1. The molecule has 0 N–H and O–H groups in total. The molecule has 1 atom stereocenters. The summed E-state index contributed by atoms with van der Waals surface area (Å²) in [6, 6.07) is 26.3. The van der Waals surface area contributed by atoms with E-state index in [1.54, 1.807) is 4.09 Å². The second kappa shape index (κ2) is 19.5. The highest BCUT2D eigenvalue weighted by Gasteiger charge is 2.25. The number of hydrogen-bond acceptors (Lipinski definition) is 11. The lowest BCUT2D eigenvalue weighted by molar-refractivity contribution is 0.122. The summed E-state index contributed by atoms with van der Waals surface area (Å²) in [5.74, 6) is 2.17. The zero-order valence-electron chi connectivity index (χ0n) is 36.3. The molecule has 0 amide bonds. The Bertz CT molecular complexity index is 2830. The highest BCUT2D eigenvalue weighted by Crippen LogP contribution is 2.38. The van der Waals surface area contributed by atoms with E-state index in [0.717, 1.165) is 130 Å². The molecule has 3 aromatic carbocycles. The molecular weight excluding hydrogens is 809 g/mol. The SMILES string of the molecule is CC.Cc1ccc(S(=O)n2cc(-c3ccc4ncc(N5CCOCC5)nc4c3)c(C3CCCCC3)n2)cc1.c1ccn2ncc(-c3ccc4ncc(N5CCOCC5)nc4c3)c2c1. The van der Waals surface area contributed by atoms with Crippen molar-refractivity contribution in [3.8, 4) is 22.3 Å². The van der Waals surface area contributed by atoms with E-state index in [0.29, 0.717) is 19.1 Å². The molecule has 0 bridgehead atoms. The predicted octanol–water partition coefficient (Wildman–Crippen LogP) is 9.06. The maximum absolute atomic E-state index is 13.4. The van der Waals surface area contributed by atoms with Crippen LogP contribution in [0, 0.1) is 6.92 Å². The van der Waals surface area contributed by atoms with Crippen LogP contribution in [-0.2, 0) is 20.5 Å². The van der Waals surface area contributed by atoms with Gasteiger partial charge in [0.1, 0.15) is 11.6 Å². The summed E-state index contributed by atoms with van der Waals surface area (Å²) in [5, 5.41) is 9.36. The van der Waals surface area contributed by atoms with Gasteiger partial charge in [-0.15, -0.1) is 0 Å². The van der Waals surface area contributed by atoms with Crippen LogP contribution < -0.4 is 9.80 Å². The zero-order chi connectivity index (χ0) is 43.1. The van der Waals surface area contributed by atoms with E-state index in [4.69, 9.17) is 24.5 Å². The first-order valence-electron chi connectivity index (χ1n) is 22.2. The summed E-state index contributed by atoms with van der Waals surface area (Å²) in [7, 11) is -1.40. The van der Waals surface area contributed by atoms with E-state index < -0.39 is 11.0 Å². The van der Waals surface area contributed by atoms with Gasteiger partial charge in [-0.05, 0) is 79.4 Å². The molecule has 11 rings (SSSR count). The molecule has 1 aliphatic carbocycles. The van der Waals surface area contributed by atoms with Crippen molar-refractivity contribution in [2.45, 2.75) is 63.7 Å². The van der Waals surface area contributed by atoms with Gasteiger partial charge in [0.25, 0.3) is 0 Å². The van der Waals surface area contributed by atoms with Crippen LogP contribution >= 0.6 is 0 Å². The number of nitrogens with zero attached hydrogens (tertiary/aromatic N) is 10. The van der Waals surface area contributed by atoms with Gasteiger partial charge in [0.05, 0.1) is 83.2 Å². The first kappa shape index (κ1) is 42.2. The molecule has 1 unspecified atom stereocenters. The highest BCUT2D eigenvalue weighted by atomic mass is 32.2. The lowest BCUT2D eigenvalue weighted by Gasteiger charge is -2.27. The van der Waals surface area contributed by atoms with Crippen molar-refractivity contribution in [2.75, 3.05) is 62.4 Å². The maximum Gasteiger partial charge on any atom is 0.173 e. The van der Waals surface area contributed by atoms with Crippen molar-refractivity contribution in [1.82, 2.24) is 38.7 Å². The minimum atomic E-state index is -1.40. The van der Waals surface area contributed by atoms with E-state index in [2.05, 4.69) is 55.2 Å². The van der Waals surface area contributed by atoms with Gasteiger partial charge >= 0.3 is 0 Å². The first-order valence-corrected chi connectivity index (χ1v) is 23.4. The van der Waals surface area contributed by atoms with Crippen molar-refractivity contribution in [1.29, 1.82) is 0 Å². The molecule has 2 saturated heterocycles. The number of anilines is 2. The van der Waals surface area contributed by atoms with Crippen molar-refractivity contribution in [3.05, 3.63) is 121 Å². The molecule has 2 aliphatic heterocycles. The molecule has 3 fully saturated rings. The second-order valence-electron chi connectivity index (χ2n) is 15.9. The minimum Gasteiger partial charge on any atom is -0.378 e. The van der Waals surface area contributed by atoms with Crippen LogP contribution in [0.2, 0.25) is 0 Å². The highest BCUT2D eigenvalue weighted by molar-refractivity contribution is 7.83. The third-order valence-electron chi connectivity index (χ3n) is 11.9. The normalized spacial score (nSPS) is 16.4. The Morgan fingerprint density at radius 1 is 0.651 bits per heavy atom. The van der Waals surface area contributed by atoms with Crippen LogP contribution in [0.25, 0.3) is 49.8 Å². The van der Waals surface area contributed by atoms with Crippen molar-refractivity contribution in [2.24, 2.45) is 0 Å². The van der Waals surface area contributed by atoms with E-state index in [-0.39, 0.29) is 0 Å². The quantitative estimate of drug-likeness (QED) is 0.152. The van der Waals surface area contributed by atoms with E-state index >= 15 is 0 Å². The van der Waals surface area contributed by atoms with Gasteiger partial charge in [-0.1, -0.05) is 69.0 Å². The average molecular weight is 863 g/mol. The van der Waals surface area contributed by atoms with Crippen LogP contribution in [0.1, 0.15) is 63.1 Å². The fraction of sp³-hybridized carbons (Fsp3) is 0.347. The molecule has 0 radical (unpaired) electrons. The number of fused-ring (bicyclic) bond motifs is 3. The Hall–Kier alpha value is -6.09. The fourth-order valence-corrected chi connectivity index (χ4v) is 9.45. The number of hydrogen-bond donors (Lipinski definition) is 0. The summed E-state index contributed by atoms with van der Waals surface area (Å²) in [6.45, 7) is 12.3. The van der Waals surface area contributed by atoms with Gasteiger partial charge in [-0.2, -0.15) is 14.3 Å². The number of pyridine rings is 1. The number of aryl methyl sites for hydroxylation is 1. The van der Waals surface area contributed by atoms with E-state index in [1.165, 1.54) is 19.3 Å². The Kier molecular flexibility index (Phi) is 13.1. The van der Waals surface area contributed by atoms with Crippen molar-refractivity contribution >= 4 is 50.2 Å². The average Bonchev–Trinajstić information content (AvgIpc) is 4.01. The molecule has 1 saturated carbocycles. The number of ether oxygens (including phenoxy) is 2. The van der Waals surface area contributed by atoms with Crippen LogP contribution in [0.3, 0.4) is 0 Å². The molecule has 0 spiro atoms. The molecule has 324 valence electrons. The van der Waals surface area contributed by atoms with Gasteiger partial charge in [-0.3, -0.25) is 9.97 Å². The molecule has 3 aliphatic rings. The predicted molar refractivity (Wildman–Crippen MR) is 251 cm³/mol. The molecule has 5 aromatic heterocycles. The summed E-state index contributed by atoms with van der Waals surface area (Å²) in [6.07, 6.45) is 15.5. The van der Waals surface area contributed by atoms with Crippen LogP contribution in [0.5, 0.6) is 0 Å². The number of morpholine rings is 2. The third kappa shape index (κ3) is 9.34. The van der Waals surface area contributed by atoms with E-state index in [9.17, 15) is 4.21 Å². The molecule has 7 heterocycles. The first-order chi connectivity index (χ1) is 31.0. The molecule has 63 heavy (non-hydrogen) atoms. The standard InChI is InChI=1S/C28H31N5O2S.C19H17N5O.C2H6/c1-20-7-10-23(11-8-20)36(34)33-19-24(28(31-33)21-5-3-2-4-6-21)22-9-12-25-26(17-22)30-27(18-29-25)32-13-15-35-16-14-32;1-2-6-24-18(3-1)15(12-21-24)14-4-5-16-17(11-14)22-19(13-20-16)23-7-9-25-10-8-23;1-2/h7-12,17-19,21H,2-6,13-16H2,1H3;1-6,11-13H,7-10H2;1-2H3. The Balaban J connectivity index is 0.000000163.